The van der Waals surface area contributed by atoms with Gasteiger partial charge in [0.15, 0.2) is 11.5 Å². The smallest absolute Gasteiger partial charge is 0.244 e. The summed E-state index contributed by atoms with van der Waals surface area (Å²) in [5.41, 5.74) is 2.19. The molecule has 0 bridgehead atoms. The third-order valence-electron chi connectivity index (χ3n) is 5.36. The van der Waals surface area contributed by atoms with Crippen molar-refractivity contribution in [3.63, 3.8) is 0 Å². The van der Waals surface area contributed by atoms with Gasteiger partial charge in [0.25, 0.3) is 0 Å². The van der Waals surface area contributed by atoms with Crippen LogP contribution in [0.2, 0.25) is 10.0 Å². The summed E-state index contributed by atoms with van der Waals surface area (Å²) in [6.45, 7) is 0.0740. The summed E-state index contributed by atoms with van der Waals surface area (Å²) in [4.78, 5) is 28.6. The molecule has 3 aromatic carbocycles. The number of halogens is 2. The fraction of sp³-hybridized carbons (Fsp3) is 0.167. The van der Waals surface area contributed by atoms with Crippen molar-refractivity contribution in [1.82, 2.24) is 0 Å². The quantitative estimate of drug-likeness (QED) is 0.480. The molecule has 33 heavy (non-hydrogen) atoms. The summed E-state index contributed by atoms with van der Waals surface area (Å²) in [6.07, 6.45) is 0.235. The van der Waals surface area contributed by atoms with E-state index >= 15 is 0 Å². The molecule has 2 heterocycles. The average Bonchev–Trinajstić information content (AvgIpc) is 3.22. The van der Waals surface area contributed by atoms with Gasteiger partial charge in [-0.1, -0.05) is 41.4 Å². The lowest BCUT2D eigenvalue weighted by molar-refractivity contribution is -0.121. The first kappa shape index (κ1) is 21.9. The van der Waals surface area contributed by atoms with Crippen molar-refractivity contribution in [2.24, 2.45) is 0 Å². The van der Waals surface area contributed by atoms with Crippen molar-refractivity contribution < 1.29 is 19.1 Å². The number of fused-ring (bicyclic) bond motifs is 2. The number of ether oxygens (including phenoxy) is 2. The van der Waals surface area contributed by atoms with E-state index < -0.39 is 0 Å². The number of hydrogen-bond donors (Lipinski definition) is 1. The molecule has 1 atom stereocenters. The molecule has 2 aliphatic heterocycles. The summed E-state index contributed by atoms with van der Waals surface area (Å²) in [7, 11) is 0. The number of benzene rings is 3. The van der Waals surface area contributed by atoms with Gasteiger partial charge in [-0.05, 0) is 48.0 Å². The second-order valence-electron chi connectivity index (χ2n) is 7.55. The van der Waals surface area contributed by atoms with Gasteiger partial charge in [-0.15, -0.1) is 11.8 Å². The lowest BCUT2D eigenvalue weighted by Crippen LogP contribution is -2.38. The fourth-order valence-corrected chi connectivity index (χ4v) is 5.34. The largest absolute Gasteiger partial charge is 0.454 e. The highest BCUT2D eigenvalue weighted by molar-refractivity contribution is 7.99. The molecule has 0 aromatic heterocycles. The molecule has 1 unspecified atom stereocenters. The van der Waals surface area contributed by atoms with Gasteiger partial charge in [-0.25, -0.2) is 0 Å². The van der Waals surface area contributed by atoms with Crippen molar-refractivity contribution in [3.05, 3.63) is 76.3 Å². The van der Waals surface area contributed by atoms with Crippen LogP contribution in [0.1, 0.15) is 17.2 Å². The Morgan fingerprint density at radius 3 is 2.70 bits per heavy atom. The summed E-state index contributed by atoms with van der Waals surface area (Å²) >= 11 is 13.6. The minimum atomic E-state index is -0.330. The first-order valence-corrected chi connectivity index (χ1v) is 11.8. The maximum absolute atomic E-state index is 13.3. The molecule has 0 radical (unpaired) electrons. The maximum atomic E-state index is 13.3. The number of amides is 2. The Balaban J connectivity index is 1.39. The van der Waals surface area contributed by atoms with Gasteiger partial charge in [0.2, 0.25) is 18.6 Å². The van der Waals surface area contributed by atoms with Crippen molar-refractivity contribution in [1.29, 1.82) is 0 Å². The van der Waals surface area contributed by atoms with Gasteiger partial charge in [-0.3, -0.25) is 9.59 Å². The molecule has 9 heteroatoms. The minimum absolute atomic E-state index is 0.121. The van der Waals surface area contributed by atoms with Gasteiger partial charge in [0.05, 0.1) is 15.7 Å². The lowest BCUT2D eigenvalue weighted by Gasteiger charge is -2.22. The summed E-state index contributed by atoms with van der Waals surface area (Å²) in [5.74, 6) is 0.906. The van der Waals surface area contributed by atoms with E-state index in [0.717, 1.165) is 10.5 Å². The van der Waals surface area contributed by atoms with E-state index in [1.165, 1.54) is 4.90 Å². The average molecular weight is 501 g/mol. The second-order valence-corrected chi connectivity index (χ2v) is 9.61. The van der Waals surface area contributed by atoms with Gasteiger partial charge < -0.3 is 19.7 Å². The van der Waals surface area contributed by atoms with Crippen molar-refractivity contribution >= 4 is 58.2 Å². The molecular formula is C24H18Cl2N2O4S. The fourth-order valence-electron chi connectivity index (χ4n) is 3.77. The first-order valence-electron chi connectivity index (χ1n) is 10.2. The van der Waals surface area contributed by atoms with Crippen LogP contribution in [0.5, 0.6) is 11.5 Å². The number of hydrogen-bond acceptors (Lipinski definition) is 5. The minimum Gasteiger partial charge on any atom is -0.454 e. The molecule has 0 spiro atoms. The molecular weight excluding hydrogens is 483 g/mol. The van der Waals surface area contributed by atoms with E-state index in [4.69, 9.17) is 32.7 Å². The molecule has 0 saturated heterocycles. The Bertz CT molecular complexity index is 1250. The number of carbonyl (C=O) groups excluding carboxylic acids is 2. The first-order chi connectivity index (χ1) is 16.0. The number of rotatable bonds is 4. The van der Waals surface area contributed by atoms with E-state index in [9.17, 15) is 9.59 Å². The highest BCUT2D eigenvalue weighted by atomic mass is 35.5. The predicted molar refractivity (Wildman–Crippen MR) is 130 cm³/mol. The van der Waals surface area contributed by atoms with Gasteiger partial charge in [-0.2, -0.15) is 0 Å². The number of nitrogens with zero attached hydrogens (tertiary/aromatic N) is 1. The Hall–Kier alpha value is -2.87. The molecule has 168 valence electrons. The summed E-state index contributed by atoms with van der Waals surface area (Å²) < 4.78 is 10.9. The van der Waals surface area contributed by atoms with Crippen LogP contribution < -0.4 is 19.7 Å². The SMILES string of the molecule is O=C(CN1C(=O)CC(c2ccc3c(c2)OCO3)Sc2ccccc21)Nc1ccc(Cl)c(Cl)c1. The van der Waals surface area contributed by atoms with E-state index in [2.05, 4.69) is 5.32 Å². The van der Waals surface area contributed by atoms with Crippen LogP contribution >= 0.6 is 35.0 Å². The number of para-hydroxylation sites is 1. The highest BCUT2D eigenvalue weighted by Gasteiger charge is 2.31. The summed E-state index contributed by atoms with van der Waals surface area (Å²) in [5, 5.41) is 3.40. The number of nitrogens with one attached hydrogen (secondary N) is 1. The van der Waals surface area contributed by atoms with Crippen LogP contribution in [0.3, 0.4) is 0 Å². The van der Waals surface area contributed by atoms with E-state index in [-0.39, 0.29) is 36.8 Å². The van der Waals surface area contributed by atoms with Gasteiger partial charge in [0.1, 0.15) is 6.54 Å². The number of carbonyl (C=O) groups is 2. The number of thioether (sulfide) groups is 1. The maximum Gasteiger partial charge on any atom is 0.244 e. The van der Waals surface area contributed by atoms with Crippen LogP contribution in [-0.2, 0) is 9.59 Å². The van der Waals surface area contributed by atoms with Gasteiger partial charge >= 0.3 is 0 Å². The van der Waals surface area contributed by atoms with Crippen LogP contribution in [0.15, 0.2) is 65.6 Å². The van der Waals surface area contributed by atoms with E-state index in [0.29, 0.717) is 32.9 Å². The Labute approximate surface area is 204 Å². The third-order valence-corrected chi connectivity index (χ3v) is 7.42. The summed E-state index contributed by atoms with van der Waals surface area (Å²) in [6, 6.07) is 18.2. The molecule has 0 fully saturated rings. The molecule has 5 rings (SSSR count). The Morgan fingerprint density at radius 2 is 1.85 bits per heavy atom. The topological polar surface area (TPSA) is 67.9 Å². The normalized spacial score (nSPS) is 16.8. The molecule has 2 amide bonds. The predicted octanol–water partition coefficient (Wildman–Crippen LogP) is 5.93. The third kappa shape index (κ3) is 4.62. The van der Waals surface area contributed by atoms with Crippen LogP contribution in [-0.4, -0.2) is 25.2 Å². The van der Waals surface area contributed by atoms with Crippen LogP contribution in [0.4, 0.5) is 11.4 Å². The van der Waals surface area contributed by atoms with Crippen molar-refractivity contribution in [3.8, 4) is 11.5 Å². The Morgan fingerprint density at radius 1 is 1.03 bits per heavy atom. The van der Waals surface area contributed by atoms with Crippen LogP contribution in [0.25, 0.3) is 0 Å². The zero-order valence-electron chi connectivity index (χ0n) is 17.2. The molecule has 0 saturated carbocycles. The van der Waals surface area contributed by atoms with Crippen molar-refractivity contribution in [2.45, 2.75) is 16.6 Å². The molecule has 3 aromatic rings. The molecule has 1 N–H and O–H groups in total. The zero-order valence-corrected chi connectivity index (χ0v) is 19.5. The van der Waals surface area contributed by atoms with Crippen LogP contribution in [0, 0.1) is 0 Å². The lowest BCUT2D eigenvalue weighted by atomic mass is 10.1. The molecule has 2 aliphatic rings. The standard InChI is InChI=1S/C24H18Cl2N2O4S/c25-16-7-6-15(10-17(16)26)27-23(29)12-28-18-3-1-2-4-21(18)33-22(11-24(28)30)14-5-8-19-20(9-14)32-13-31-19/h1-10,22H,11-13H2,(H,27,29). The second kappa shape index (κ2) is 9.17. The van der Waals surface area contributed by atoms with Gasteiger partial charge in [0, 0.05) is 22.3 Å². The zero-order chi connectivity index (χ0) is 22.9. The number of anilines is 2. The van der Waals surface area contributed by atoms with E-state index in [1.807, 2.05) is 42.5 Å². The monoisotopic (exact) mass is 500 g/mol. The Kier molecular flexibility index (Phi) is 6.10. The highest BCUT2D eigenvalue weighted by Crippen LogP contribution is 2.47. The van der Waals surface area contributed by atoms with E-state index in [1.54, 1.807) is 30.0 Å². The molecule has 6 nitrogen and oxygen atoms in total. The van der Waals surface area contributed by atoms with Crippen molar-refractivity contribution in [2.75, 3.05) is 23.6 Å². The molecule has 0 aliphatic carbocycles.